The van der Waals surface area contributed by atoms with Crippen molar-refractivity contribution in [1.29, 1.82) is 0 Å². The van der Waals surface area contributed by atoms with Crippen molar-refractivity contribution < 1.29 is 50.8 Å². The van der Waals surface area contributed by atoms with Crippen LogP contribution in [-0.2, 0) is 9.59 Å². The molecule has 0 rings (SSSR count). The zero-order chi connectivity index (χ0) is 8.31. The monoisotopic (exact) mass is 170 g/mol. The molecule has 0 saturated carbocycles. The third kappa shape index (κ3) is 4.40. The maximum Gasteiger partial charge on any atom is 1.00 e. The van der Waals surface area contributed by atoms with E-state index in [9.17, 15) is 9.59 Å². The first kappa shape index (κ1) is 13.5. The fourth-order valence-electron chi connectivity index (χ4n) is 0.676. The molecule has 0 atom stereocenters. The zero-order valence-electron chi connectivity index (χ0n) is 7.87. The van der Waals surface area contributed by atoms with Crippen molar-refractivity contribution in [2.45, 2.75) is 13.8 Å². The van der Waals surface area contributed by atoms with Gasteiger partial charge >= 0.3 is 41.5 Å². The summed E-state index contributed by atoms with van der Waals surface area (Å²) in [5.41, 5.74) is 0. The largest absolute Gasteiger partial charge is 1.00 e. The van der Waals surface area contributed by atoms with E-state index in [-0.39, 0.29) is 36.9 Å². The fourth-order valence-corrected chi connectivity index (χ4v) is 0.676. The number of carbonyl (C=O) groups is 2. The minimum atomic E-state index is -1.28. The first-order chi connectivity index (χ1) is 4.46. The van der Waals surface area contributed by atoms with Crippen molar-refractivity contribution in [3.63, 3.8) is 0 Å². The van der Waals surface area contributed by atoms with Gasteiger partial charge < -0.3 is 11.6 Å². The molecule has 0 aromatic carbocycles. The molecule has 0 aliphatic rings. The van der Waals surface area contributed by atoms with Gasteiger partial charge in [0.25, 0.3) is 0 Å². The molecule has 4 nitrogen and oxygen atoms in total. The molecule has 11 heavy (non-hydrogen) atoms. The van der Waals surface area contributed by atoms with Gasteiger partial charge in [-0.15, -0.1) is 0 Å². The van der Waals surface area contributed by atoms with E-state index in [1.54, 1.807) is 13.8 Å². The van der Waals surface area contributed by atoms with Crippen LogP contribution in [0.5, 0.6) is 0 Å². The molecule has 60 valence electrons. The van der Waals surface area contributed by atoms with Crippen LogP contribution < -0.4 is 29.6 Å². The van der Waals surface area contributed by atoms with E-state index in [0.29, 0.717) is 0 Å². The van der Waals surface area contributed by atoms with Crippen molar-refractivity contribution in [2.24, 2.45) is 11.8 Å². The van der Waals surface area contributed by atoms with E-state index in [4.69, 9.17) is 10.2 Å². The molecule has 0 heterocycles. The van der Waals surface area contributed by atoms with Gasteiger partial charge in [-0.1, -0.05) is 13.8 Å². The molecular formula is C6H11NaO4. The Bertz CT molecular complexity index is 146. The number of aliphatic carboxylic acids is 2. The number of carboxylic acids is 2. The second kappa shape index (κ2) is 5.57. The Morgan fingerprint density at radius 3 is 1.45 bits per heavy atom. The molecule has 0 aromatic heterocycles. The van der Waals surface area contributed by atoms with Crippen molar-refractivity contribution >= 4 is 11.9 Å². The molecule has 0 radical (unpaired) electrons. The molecule has 0 aliphatic carbocycles. The molecule has 0 aromatic rings. The Labute approximate surface area is 88.4 Å². The summed E-state index contributed by atoms with van der Waals surface area (Å²) < 4.78 is 0. The van der Waals surface area contributed by atoms with Crippen LogP contribution in [0.3, 0.4) is 0 Å². The van der Waals surface area contributed by atoms with Gasteiger partial charge in [0.15, 0.2) is 5.92 Å². The predicted molar refractivity (Wildman–Crippen MR) is 34.7 cm³/mol. The molecule has 0 fully saturated rings. The molecule has 2 N–H and O–H groups in total. The Balaban J connectivity index is -0.000000405. The van der Waals surface area contributed by atoms with Gasteiger partial charge in [0, 0.05) is 0 Å². The Kier molecular flexibility index (Phi) is 6.85. The summed E-state index contributed by atoms with van der Waals surface area (Å²) in [4.78, 5) is 20.4. The second-order valence-corrected chi connectivity index (χ2v) is 2.40. The fraction of sp³-hybridized carbons (Fsp3) is 0.667. The average Bonchev–Trinajstić information content (AvgIpc) is 1.59. The molecule has 0 spiro atoms. The average molecular weight is 170 g/mol. The zero-order valence-corrected chi connectivity index (χ0v) is 8.87. The van der Waals surface area contributed by atoms with E-state index in [2.05, 4.69) is 0 Å². The number of carboxylic acid groups (broad SMARTS) is 2. The first-order valence-electron chi connectivity index (χ1n) is 2.92. The molecule has 0 amide bonds. The topological polar surface area (TPSA) is 74.6 Å². The molecule has 0 bridgehead atoms. The van der Waals surface area contributed by atoms with Crippen molar-refractivity contribution in [2.75, 3.05) is 0 Å². The van der Waals surface area contributed by atoms with Gasteiger partial charge in [-0.05, 0) is 5.92 Å². The Hall–Kier alpha value is -0.0600. The summed E-state index contributed by atoms with van der Waals surface area (Å²) in [5.74, 6) is -4.19. The van der Waals surface area contributed by atoms with Crippen LogP contribution in [0.2, 0.25) is 0 Å². The van der Waals surface area contributed by atoms with E-state index < -0.39 is 17.9 Å². The van der Waals surface area contributed by atoms with Gasteiger partial charge in [-0.2, -0.15) is 0 Å². The Morgan fingerprint density at radius 2 is 1.45 bits per heavy atom. The van der Waals surface area contributed by atoms with Crippen LogP contribution in [0, 0.1) is 11.8 Å². The summed E-state index contributed by atoms with van der Waals surface area (Å²) in [6.45, 7) is 3.12. The van der Waals surface area contributed by atoms with E-state index in [1.807, 2.05) is 0 Å². The maximum atomic E-state index is 10.2. The van der Waals surface area contributed by atoms with E-state index >= 15 is 0 Å². The molecule has 0 aliphatic heterocycles. The van der Waals surface area contributed by atoms with Crippen LogP contribution in [0.15, 0.2) is 0 Å². The van der Waals surface area contributed by atoms with Gasteiger partial charge in [-0.3, -0.25) is 9.59 Å². The van der Waals surface area contributed by atoms with Crippen LogP contribution in [0.25, 0.3) is 0 Å². The van der Waals surface area contributed by atoms with Crippen molar-refractivity contribution in [3.05, 3.63) is 0 Å². The molecule has 5 heteroatoms. The number of hydrogen-bond acceptors (Lipinski definition) is 2. The second-order valence-electron chi connectivity index (χ2n) is 2.40. The quantitative estimate of drug-likeness (QED) is 0.364. The van der Waals surface area contributed by atoms with Gasteiger partial charge in [0.2, 0.25) is 0 Å². The summed E-state index contributed by atoms with van der Waals surface area (Å²) >= 11 is 0. The standard InChI is InChI=1S/C6H10O4.Na.H/c1-3(2)4(5(7)8)6(9)10;;/h3-4H,1-2H3,(H,7,8)(H,9,10);;/q;+1;-1. The minimum Gasteiger partial charge on any atom is -1.00 e. The van der Waals surface area contributed by atoms with Crippen LogP contribution in [0.1, 0.15) is 15.3 Å². The first-order valence-corrected chi connectivity index (χ1v) is 2.92. The predicted octanol–water partition coefficient (Wildman–Crippen LogP) is -2.46. The smallest absolute Gasteiger partial charge is 1.00 e. The third-order valence-electron chi connectivity index (χ3n) is 1.20. The van der Waals surface area contributed by atoms with Crippen molar-refractivity contribution in [1.82, 2.24) is 0 Å². The summed E-state index contributed by atoms with van der Waals surface area (Å²) in [6, 6.07) is 0. The third-order valence-corrected chi connectivity index (χ3v) is 1.20. The van der Waals surface area contributed by atoms with Crippen molar-refractivity contribution in [3.8, 4) is 0 Å². The minimum absolute atomic E-state index is 0. The van der Waals surface area contributed by atoms with E-state index in [0.717, 1.165) is 0 Å². The summed E-state index contributed by atoms with van der Waals surface area (Å²) in [5, 5.41) is 16.7. The maximum absolute atomic E-state index is 10.2. The number of hydrogen-bond donors (Lipinski definition) is 2. The summed E-state index contributed by atoms with van der Waals surface area (Å²) in [6.07, 6.45) is 0. The van der Waals surface area contributed by atoms with Gasteiger partial charge in [-0.25, -0.2) is 0 Å². The van der Waals surface area contributed by atoms with Crippen LogP contribution >= 0.6 is 0 Å². The van der Waals surface area contributed by atoms with Crippen LogP contribution in [0.4, 0.5) is 0 Å². The number of rotatable bonds is 3. The molecule has 0 unspecified atom stereocenters. The normalized spacial score (nSPS) is 9.45. The molecular weight excluding hydrogens is 159 g/mol. The molecule has 0 saturated heterocycles. The van der Waals surface area contributed by atoms with E-state index in [1.165, 1.54) is 0 Å². The summed E-state index contributed by atoms with van der Waals surface area (Å²) in [7, 11) is 0. The van der Waals surface area contributed by atoms with Crippen LogP contribution in [-0.4, -0.2) is 22.2 Å². The SMILES string of the molecule is CC(C)C(C(=O)O)C(=O)O.[H-].[Na+]. The van der Waals surface area contributed by atoms with Gasteiger partial charge in [0.05, 0.1) is 0 Å². The van der Waals surface area contributed by atoms with Gasteiger partial charge in [0.1, 0.15) is 0 Å². The Morgan fingerprint density at radius 1 is 1.18 bits per heavy atom.